The number of Topliss-reactive ketones (excluding diaryl/α,β-unsaturated/α-hetero) is 2. The summed E-state index contributed by atoms with van der Waals surface area (Å²) in [5, 5.41) is 0.986. The normalized spacial score (nSPS) is 19.9. The maximum Gasteiger partial charge on any atom is 0.180 e. The van der Waals surface area contributed by atoms with Crippen molar-refractivity contribution in [3.8, 4) is 11.5 Å². The van der Waals surface area contributed by atoms with Gasteiger partial charge >= 0.3 is 0 Å². The van der Waals surface area contributed by atoms with E-state index in [2.05, 4.69) is 32.6 Å². The van der Waals surface area contributed by atoms with Gasteiger partial charge in [0.2, 0.25) is 0 Å². The van der Waals surface area contributed by atoms with Gasteiger partial charge in [0.05, 0.1) is 18.2 Å². The van der Waals surface area contributed by atoms with Crippen LogP contribution in [0.5, 0.6) is 11.5 Å². The van der Waals surface area contributed by atoms with Gasteiger partial charge in [0.25, 0.3) is 0 Å². The maximum atomic E-state index is 14.1. The van der Waals surface area contributed by atoms with Gasteiger partial charge in [-0.2, -0.15) is 0 Å². The summed E-state index contributed by atoms with van der Waals surface area (Å²) in [7, 11) is 1.68. The molecule has 0 radical (unpaired) electrons. The lowest BCUT2D eigenvalue weighted by Crippen LogP contribution is -2.45. The molecule has 0 fully saturated rings. The largest absolute Gasteiger partial charge is 0.490 e. The molecule has 43 heavy (non-hydrogen) atoms. The molecule has 0 amide bonds. The van der Waals surface area contributed by atoms with Gasteiger partial charge in [-0.05, 0) is 66.0 Å². The summed E-state index contributed by atoms with van der Waals surface area (Å²) in [6.45, 7) is 12.1. The molecule has 3 aliphatic rings. The van der Waals surface area contributed by atoms with E-state index >= 15 is 0 Å². The van der Waals surface area contributed by atoms with Crippen molar-refractivity contribution in [2.24, 2.45) is 10.8 Å². The lowest BCUT2D eigenvalue weighted by molar-refractivity contribution is -0.119. The van der Waals surface area contributed by atoms with E-state index in [9.17, 15) is 9.59 Å². The van der Waals surface area contributed by atoms with Crippen LogP contribution >= 0.6 is 23.2 Å². The summed E-state index contributed by atoms with van der Waals surface area (Å²) < 4.78 is 17.7. The third-order valence-electron chi connectivity index (χ3n) is 8.48. The van der Waals surface area contributed by atoms with Gasteiger partial charge in [-0.1, -0.05) is 63.0 Å². The Labute approximate surface area is 265 Å². The van der Waals surface area contributed by atoms with Crippen LogP contribution in [0, 0.1) is 10.8 Å². The number of allylic oxidation sites excluding steroid dienone is 4. The zero-order valence-electron chi connectivity index (χ0n) is 25.9. The topological polar surface area (TPSA) is 65.1 Å². The Kier molecular flexibility index (Phi) is 9.04. The average molecular weight is 627 g/mol. The third-order valence-corrected chi connectivity index (χ3v) is 8.99. The number of ketones is 2. The number of hydrogen-bond acceptors (Lipinski definition) is 6. The first-order valence-corrected chi connectivity index (χ1v) is 15.7. The molecule has 0 saturated carbocycles. The summed E-state index contributed by atoms with van der Waals surface area (Å²) in [5.74, 6) is 0.497. The first-order valence-electron chi connectivity index (χ1n) is 15.0. The van der Waals surface area contributed by atoms with Crippen LogP contribution in [0.15, 0.2) is 58.9 Å². The number of rotatable bonds is 9. The molecule has 0 spiro atoms. The van der Waals surface area contributed by atoms with Crippen molar-refractivity contribution in [2.45, 2.75) is 72.8 Å². The zero-order valence-corrected chi connectivity index (χ0v) is 27.5. The molecule has 0 unspecified atom stereocenters. The minimum Gasteiger partial charge on any atom is -0.490 e. The Bertz CT molecular complexity index is 1450. The van der Waals surface area contributed by atoms with Crippen LogP contribution in [0.25, 0.3) is 0 Å². The van der Waals surface area contributed by atoms with Gasteiger partial charge < -0.3 is 19.1 Å². The molecule has 0 atom stereocenters. The third kappa shape index (κ3) is 6.52. The highest BCUT2D eigenvalue weighted by Crippen LogP contribution is 2.55. The van der Waals surface area contributed by atoms with Crippen molar-refractivity contribution in [3.05, 3.63) is 80.1 Å². The Morgan fingerprint density at radius 1 is 0.884 bits per heavy atom. The van der Waals surface area contributed by atoms with Crippen molar-refractivity contribution in [1.29, 1.82) is 0 Å². The zero-order chi connectivity index (χ0) is 31.1. The molecule has 0 aromatic heterocycles. The van der Waals surface area contributed by atoms with Crippen molar-refractivity contribution < 1.29 is 23.8 Å². The molecular formula is C35H41Cl2NO5. The highest BCUT2D eigenvalue weighted by Gasteiger charge is 2.49. The van der Waals surface area contributed by atoms with E-state index in [1.165, 1.54) is 0 Å². The fourth-order valence-corrected chi connectivity index (χ4v) is 7.26. The summed E-state index contributed by atoms with van der Waals surface area (Å²) in [4.78, 5) is 30.3. The molecular weight excluding hydrogens is 585 g/mol. The predicted molar refractivity (Wildman–Crippen MR) is 170 cm³/mol. The van der Waals surface area contributed by atoms with Crippen LogP contribution in [0.1, 0.15) is 77.3 Å². The van der Waals surface area contributed by atoms with E-state index in [0.717, 1.165) is 35.4 Å². The number of methoxy groups -OCH3 is 1. The lowest BCUT2D eigenvalue weighted by atomic mass is 9.63. The Morgan fingerprint density at radius 2 is 1.51 bits per heavy atom. The quantitative estimate of drug-likeness (QED) is 0.279. The van der Waals surface area contributed by atoms with Gasteiger partial charge in [-0.15, -0.1) is 0 Å². The maximum absolute atomic E-state index is 14.1. The summed E-state index contributed by atoms with van der Waals surface area (Å²) >= 11 is 13.1. The summed E-state index contributed by atoms with van der Waals surface area (Å²) in [6.07, 6.45) is 2.28. The second-order valence-electron chi connectivity index (χ2n) is 13.4. The first kappa shape index (κ1) is 31.6. The minimum atomic E-state index is -0.533. The molecule has 230 valence electrons. The van der Waals surface area contributed by atoms with E-state index in [1.54, 1.807) is 7.11 Å². The molecule has 2 aliphatic carbocycles. The Hall–Kier alpha value is -2.80. The average Bonchev–Trinajstić information content (AvgIpc) is 2.90. The van der Waals surface area contributed by atoms with Crippen LogP contribution in [0.4, 0.5) is 0 Å². The van der Waals surface area contributed by atoms with Crippen LogP contribution in [0.3, 0.4) is 0 Å². The molecule has 2 aromatic carbocycles. The fourth-order valence-electron chi connectivity index (χ4n) is 6.77. The van der Waals surface area contributed by atoms with E-state index < -0.39 is 5.92 Å². The second kappa shape index (κ2) is 12.3. The molecule has 8 heteroatoms. The molecule has 0 N–H and O–H groups in total. The number of carbonyl (C=O) groups excluding carboxylic acids is 2. The predicted octanol–water partition coefficient (Wildman–Crippen LogP) is 8.30. The monoisotopic (exact) mass is 625 g/mol. The van der Waals surface area contributed by atoms with E-state index in [1.807, 2.05) is 43.3 Å². The molecule has 0 bridgehead atoms. The van der Waals surface area contributed by atoms with Crippen molar-refractivity contribution in [1.82, 2.24) is 4.90 Å². The van der Waals surface area contributed by atoms with Gasteiger partial charge in [-0.3, -0.25) is 9.59 Å². The van der Waals surface area contributed by atoms with E-state index in [-0.39, 0.29) is 29.0 Å². The van der Waals surface area contributed by atoms with Crippen LogP contribution in [-0.2, 0) is 20.9 Å². The number of nitrogens with zero attached hydrogens (tertiary/aromatic N) is 1. The smallest absolute Gasteiger partial charge is 0.180 e. The molecule has 6 nitrogen and oxygen atoms in total. The van der Waals surface area contributed by atoms with E-state index in [4.69, 9.17) is 37.4 Å². The number of halogens is 2. The first-order chi connectivity index (χ1) is 20.3. The minimum absolute atomic E-state index is 0.0678. The Balaban J connectivity index is 1.67. The van der Waals surface area contributed by atoms with Crippen molar-refractivity contribution in [2.75, 3.05) is 26.9 Å². The van der Waals surface area contributed by atoms with E-state index in [0.29, 0.717) is 65.3 Å². The molecule has 2 aromatic rings. The number of carbonyl (C=O) groups is 2. The van der Waals surface area contributed by atoms with Gasteiger partial charge in [0.15, 0.2) is 23.1 Å². The standard InChI is InChI=1S/C35H41Cl2NO5/c1-7-42-29-15-22(14-24(37)33(29)43-20-21-9-8-10-23(36)13-21)30-31-25(16-34(2,3)18-27(31)39)38(11-12-41-6)26-17-35(4,5)19-28(40)32(26)30/h8-10,13-15,30H,7,11-12,16-20H2,1-6H3. The molecule has 5 rings (SSSR count). The van der Waals surface area contributed by atoms with Crippen LogP contribution < -0.4 is 9.47 Å². The summed E-state index contributed by atoms with van der Waals surface area (Å²) in [5.41, 5.74) is 4.60. The fraction of sp³-hybridized carbons (Fsp3) is 0.486. The van der Waals surface area contributed by atoms with Gasteiger partial charge in [-0.25, -0.2) is 0 Å². The second-order valence-corrected chi connectivity index (χ2v) is 14.2. The molecule has 1 aliphatic heterocycles. The number of benzene rings is 2. The van der Waals surface area contributed by atoms with Crippen LogP contribution in [-0.4, -0.2) is 43.3 Å². The highest BCUT2D eigenvalue weighted by molar-refractivity contribution is 6.32. The van der Waals surface area contributed by atoms with Gasteiger partial charge in [0, 0.05) is 60.0 Å². The van der Waals surface area contributed by atoms with Crippen molar-refractivity contribution in [3.63, 3.8) is 0 Å². The summed E-state index contributed by atoms with van der Waals surface area (Å²) in [6, 6.07) is 11.2. The molecule has 0 saturated heterocycles. The lowest BCUT2D eigenvalue weighted by Gasteiger charge is -2.49. The van der Waals surface area contributed by atoms with Crippen molar-refractivity contribution >= 4 is 34.8 Å². The number of hydrogen-bond donors (Lipinski definition) is 0. The number of ether oxygens (including phenoxy) is 3. The van der Waals surface area contributed by atoms with Crippen LogP contribution in [0.2, 0.25) is 10.0 Å². The highest BCUT2D eigenvalue weighted by atomic mass is 35.5. The van der Waals surface area contributed by atoms with Gasteiger partial charge in [0.1, 0.15) is 6.61 Å². The molecule has 1 heterocycles. The Morgan fingerprint density at radius 3 is 2.07 bits per heavy atom. The SMILES string of the molecule is CCOc1cc(C2C3=C(CC(C)(C)CC3=O)N(CCOC)C3=C2C(=O)CC(C)(C)C3)cc(Cl)c1OCc1cccc(Cl)c1.